The maximum atomic E-state index is 11.6. The predicted octanol–water partition coefficient (Wildman–Crippen LogP) is 0.979. The molecule has 0 radical (unpaired) electrons. The molecule has 0 aliphatic heterocycles. The van der Waals surface area contributed by atoms with Crippen LogP contribution in [0.15, 0.2) is 23.0 Å². The number of hydrogen-bond acceptors (Lipinski definition) is 4. The molecule has 0 saturated carbocycles. The fraction of sp³-hybridized carbons (Fsp3) is 0.417. The Kier molecular flexibility index (Phi) is 4.20. The molecule has 0 aliphatic rings. The van der Waals surface area contributed by atoms with Gasteiger partial charge in [0, 0.05) is 17.0 Å². The average Bonchev–Trinajstić information content (AvgIpc) is 2.23. The molecule has 17 heavy (non-hydrogen) atoms. The Morgan fingerprint density at radius 3 is 2.71 bits per heavy atom. The van der Waals surface area contributed by atoms with Gasteiger partial charge in [0.15, 0.2) is 0 Å². The summed E-state index contributed by atoms with van der Waals surface area (Å²) in [6.45, 7) is 9.26. The van der Waals surface area contributed by atoms with E-state index in [4.69, 9.17) is 4.74 Å². The second-order valence-electron chi connectivity index (χ2n) is 3.73. The lowest BCUT2D eigenvalue weighted by Gasteiger charge is -2.10. The number of aromatic nitrogens is 2. The number of rotatable bonds is 4. The Morgan fingerprint density at radius 1 is 1.53 bits per heavy atom. The van der Waals surface area contributed by atoms with Crippen molar-refractivity contribution in [1.29, 1.82) is 0 Å². The van der Waals surface area contributed by atoms with Crippen LogP contribution in [-0.2, 0) is 16.1 Å². The zero-order valence-corrected chi connectivity index (χ0v) is 10.3. The lowest BCUT2D eigenvalue weighted by Crippen LogP contribution is -2.27. The molecule has 92 valence electrons. The van der Waals surface area contributed by atoms with Crippen molar-refractivity contribution in [3.63, 3.8) is 0 Å². The Hall–Kier alpha value is -1.91. The monoisotopic (exact) mass is 236 g/mol. The molecule has 5 nitrogen and oxygen atoms in total. The second-order valence-corrected chi connectivity index (χ2v) is 3.73. The molecule has 0 saturated heterocycles. The van der Waals surface area contributed by atoms with Gasteiger partial charge in [0.25, 0.3) is 0 Å². The molecule has 0 unspecified atom stereocenters. The minimum atomic E-state index is -0.487. The van der Waals surface area contributed by atoms with Gasteiger partial charge in [0.1, 0.15) is 0 Å². The van der Waals surface area contributed by atoms with Crippen LogP contribution in [0.25, 0.3) is 0 Å². The number of esters is 1. The van der Waals surface area contributed by atoms with Gasteiger partial charge in [0.05, 0.1) is 13.2 Å². The molecule has 1 heterocycles. The minimum Gasteiger partial charge on any atom is -0.463 e. The summed E-state index contributed by atoms with van der Waals surface area (Å²) >= 11 is 0. The first-order valence-electron chi connectivity index (χ1n) is 5.35. The fourth-order valence-corrected chi connectivity index (χ4v) is 1.46. The maximum Gasteiger partial charge on any atom is 0.348 e. The maximum absolute atomic E-state index is 11.6. The van der Waals surface area contributed by atoms with E-state index in [1.165, 1.54) is 4.57 Å². The number of nitrogens with zero attached hydrogens (tertiary/aromatic N) is 2. The lowest BCUT2D eigenvalue weighted by molar-refractivity contribution is -0.138. The summed E-state index contributed by atoms with van der Waals surface area (Å²) in [7, 11) is 0. The summed E-state index contributed by atoms with van der Waals surface area (Å²) < 4.78 is 6.20. The molecule has 0 amide bonds. The molecule has 0 aromatic carbocycles. The molecule has 0 bridgehead atoms. The molecule has 1 aromatic heterocycles. The minimum absolute atomic E-state index is 0.108. The van der Waals surface area contributed by atoms with Gasteiger partial charge in [-0.1, -0.05) is 6.58 Å². The van der Waals surface area contributed by atoms with Crippen LogP contribution in [0.5, 0.6) is 0 Å². The summed E-state index contributed by atoms with van der Waals surface area (Å²) in [5.74, 6) is -0.487. The molecular formula is C12H16N2O3. The van der Waals surface area contributed by atoms with E-state index >= 15 is 0 Å². The third-order valence-electron chi connectivity index (χ3n) is 2.26. The Bertz CT molecular complexity index is 503. The van der Waals surface area contributed by atoms with Gasteiger partial charge in [-0.15, -0.1) is 0 Å². The molecule has 0 fully saturated rings. The number of hydrogen-bond donors (Lipinski definition) is 0. The van der Waals surface area contributed by atoms with Gasteiger partial charge in [-0.3, -0.25) is 4.57 Å². The van der Waals surface area contributed by atoms with Crippen molar-refractivity contribution in [3.05, 3.63) is 40.1 Å². The van der Waals surface area contributed by atoms with Crippen LogP contribution in [0.1, 0.15) is 18.3 Å². The highest BCUT2D eigenvalue weighted by Crippen LogP contribution is 2.02. The molecule has 5 heteroatoms. The van der Waals surface area contributed by atoms with Crippen molar-refractivity contribution >= 4 is 5.97 Å². The first-order chi connectivity index (χ1) is 7.95. The molecule has 0 atom stereocenters. The number of aryl methyl sites for hydroxylation is 2. The van der Waals surface area contributed by atoms with Crippen LogP contribution in [0.3, 0.4) is 0 Å². The zero-order chi connectivity index (χ0) is 13.0. The van der Waals surface area contributed by atoms with Crippen molar-refractivity contribution in [2.75, 3.05) is 6.61 Å². The highest BCUT2D eigenvalue weighted by molar-refractivity contribution is 5.87. The Balaban J connectivity index is 2.93. The number of carbonyl (C=O) groups excluding carboxylic acids is 1. The average molecular weight is 236 g/mol. The van der Waals surface area contributed by atoms with E-state index in [0.717, 1.165) is 5.69 Å². The Labute approximate surface area is 99.7 Å². The summed E-state index contributed by atoms with van der Waals surface area (Å²) in [6, 6.07) is 1.78. The van der Waals surface area contributed by atoms with E-state index < -0.39 is 5.97 Å². The van der Waals surface area contributed by atoms with E-state index in [1.807, 2.05) is 0 Å². The van der Waals surface area contributed by atoms with E-state index in [9.17, 15) is 9.59 Å². The Morgan fingerprint density at radius 2 is 2.18 bits per heavy atom. The third-order valence-corrected chi connectivity index (χ3v) is 2.26. The number of carbonyl (C=O) groups is 1. The molecule has 1 rings (SSSR count). The van der Waals surface area contributed by atoms with E-state index in [1.54, 1.807) is 26.8 Å². The number of ether oxygens (including phenoxy) is 1. The van der Waals surface area contributed by atoms with Crippen LogP contribution in [0.2, 0.25) is 0 Å². The van der Waals surface area contributed by atoms with Gasteiger partial charge in [-0.25, -0.2) is 9.59 Å². The molecule has 0 aliphatic carbocycles. The standard InChI is InChI=1S/C12H16N2O3/c1-5-17-11(15)8(2)7-14-10(4)6-9(3)13-12(14)16/h6H,2,5,7H2,1,3-4H3. The van der Waals surface area contributed by atoms with Crippen molar-refractivity contribution < 1.29 is 9.53 Å². The summed E-state index contributed by atoms with van der Waals surface area (Å²) in [5, 5.41) is 0. The smallest absolute Gasteiger partial charge is 0.348 e. The van der Waals surface area contributed by atoms with E-state index in [2.05, 4.69) is 11.6 Å². The van der Waals surface area contributed by atoms with Crippen molar-refractivity contribution in [3.8, 4) is 0 Å². The first-order valence-corrected chi connectivity index (χ1v) is 5.35. The molecule has 0 N–H and O–H groups in total. The summed E-state index contributed by atoms with van der Waals surface area (Å²) in [6.07, 6.45) is 0. The quantitative estimate of drug-likeness (QED) is 0.577. The van der Waals surface area contributed by atoms with Gasteiger partial charge in [-0.2, -0.15) is 4.98 Å². The van der Waals surface area contributed by atoms with Crippen molar-refractivity contribution in [2.24, 2.45) is 0 Å². The topological polar surface area (TPSA) is 61.2 Å². The van der Waals surface area contributed by atoms with Crippen LogP contribution in [0, 0.1) is 13.8 Å². The SMILES string of the molecule is C=C(Cn1c(C)cc(C)nc1=O)C(=O)OCC. The first kappa shape index (κ1) is 13.2. The lowest BCUT2D eigenvalue weighted by atomic mass is 10.3. The van der Waals surface area contributed by atoms with Crippen LogP contribution < -0.4 is 5.69 Å². The van der Waals surface area contributed by atoms with Crippen LogP contribution >= 0.6 is 0 Å². The van der Waals surface area contributed by atoms with Gasteiger partial charge in [-0.05, 0) is 26.8 Å². The van der Waals surface area contributed by atoms with Gasteiger partial charge < -0.3 is 4.74 Å². The largest absolute Gasteiger partial charge is 0.463 e. The second kappa shape index (κ2) is 5.43. The highest BCUT2D eigenvalue weighted by Gasteiger charge is 2.11. The third kappa shape index (κ3) is 3.27. The van der Waals surface area contributed by atoms with Crippen LogP contribution in [-0.4, -0.2) is 22.1 Å². The molecular weight excluding hydrogens is 220 g/mol. The van der Waals surface area contributed by atoms with E-state index in [-0.39, 0.29) is 24.4 Å². The zero-order valence-electron chi connectivity index (χ0n) is 10.3. The van der Waals surface area contributed by atoms with E-state index in [0.29, 0.717) is 5.69 Å². The van der Waals surface area contributed by atoms with Gasteiger partial charge in [0.2, 0.25) is 0 Å². The van der Waals surface area contributed by atoms with Crippen molar-refractivity contribution in [1.82, 2.24) is 9.55 Å². The molecule has 0 spiro atoms. The van der Waals surface area contributed by atoms with Gasteiger partial charge >= 0.3 is 11.7 Å². The normalized spacial score (nSPS) is 10.1. The predicted molar refractivity (Wildman–Crippen MR) is 63.7 cm³/mol. The fourth-order valence-electron chi connectivity index (χ4n) is 1.46. The van der Waals surface area contributed by atoms with Crippen molar-refractivity contribution in [2.45, 2.75) is 27.3 Å². The van der Waals surface area contributed by atoms with Crippen LogP contribution in [0.4, 0.5) is 0 Å². The molecule has 1 aromatic rings. The summed E-state index contributed by atoms with van der Waals surface area (Å²) in [4.78, 5) is 26.8. The highest BCUT2D eigenvalue weighted by atomic mass is 16.5. The summed E-state index contributed by atoms with van der Waals surface area (Å²) in [5.41, 5.74) is 1.26.